The molecule has 4 nitrogen and oxygen atoms in total. The van der Waals surface area contributed by atoms with Gasteiger partial charge in [-0.2, -0.15) is 0 Å². The molecule has 1 aromatic rings. The summed E-state index contributed by atoms with van der Waals surface area (Å²) in [7, 11) is 2.12. The molecule has 0 saturated heterocycles. The van der Waals surface area contributed by atoms with E-state index in [0.717, 1.165) is 56.7 Å². The van der Waals surface area contributed by atoms with E-state index in [9.17, 15) is 0 Å². The second-order valence-corrected chi connectivity index (χ2v) is 5.70. The summed E-state index contributed by atoms with van der Waals surface area (Å²) >= 11 is 0. The lowest BCUT2D eigenvalue weighted by Crippen LogP contribution is -2.23. The van der Waals surface area contributed by atoms with Crippen LogP contribution in [-0.4, -0.2) is 43.2 Å². The largest absolute Gasteiger partial charge is 0.380 e. The Morgan fingerprint density at radius 2 is 2.25 bits per heavy atom. The Balaban J connectivity index is 1.67. The van der Waals surface area contributed by atoms with E-state index >= 15 is 0 Å². The minimum atomic E-state index is 0.820. The molecule has 4 heteroatoms. The van der Waals surface area contributed by atoms with Crippen LogP contribution in [0.1, 0.15) is 31.9 Å². The molecular formula is C16H27N3O. The van der Waals surface area contributed by atoms with E-state index in [4.69, 9.17) is 4.74 Å². The molecule has 1 N–H and O–H groups in total. The van der Waals surface area contributed by atoms with Gasteiger partial charge in [-0.25, -0.2) is 4.98 Å². The third-order valence-corrected chi connectivity index (χ3v) is 3.46. The maximum absolute atomic E-state index is 5.67. The number of hydrogen-bond donors (Lipinski definition) is 1. The van der Waals surface area contributed by atoms with Crippen LogP contribution in [0.5, 0.6) is 0 Å². The summed E-state index contributed by atoms with van der Waals surface area (Å²) in [6.45, 7) is 6.73. The normalized spacial score (nSPS) is 14.8. The van der Waals surface area contributed by atoms with Crippen molar-refractivity contribution >= 4 is 5.82 Å². The van der Waals surface area contributed by atoms with Gasteiger partial charge in [0.25, 0.3) is 0 Å². The summed E-state index contributed by atoms with van der Waals surface area (Å²) in [6.07, 6.45) is 3.83. The van der Waals surface area contributed by atoms with Crippen LogP contribution in [0, 0.1) is 5.92 Å². The number of aromatic nitrogens is 1. The number of rotatable bonds is 10. The Hall–Kier alpha value is -1.13. The van der Waals surface area contributed by atoms with Gasteiger partial charge in [0.1, 0.15) is 5.82 Å². The highest BCUT2D eigenvalue weighted by Gasteiger charge is 2.20. The summed E-state index contributed by atoms with van der Waals surface area (Å²) in [5.74, 6) is 1.83. The van der Waals surface area contributed by atoms with E-state index in [2.05, 4.69) is 41.3 Å². The highest BCUT2D eigenvalue weighted by Crippen LogP contribution is 2.28. The minimum Gasteiger partial charge on any atom is -0.380 e. The number of nitrogens with zero attached hydrogens (tertiary/aromatic N) is 2. The van der Waals surface area contributed by atoms with Crippen LogP contribution >= 0.6 is 0 Å². The molecule has 112 valence electrons. The minimum absolute atomic E-state index is 0.820. The van der Waals surface area contributed by atoms with Crippen molar-refractivity contribution in [3.63, 3.8) is 0 Å². The molecule has 0 radical (unpaired) electrons. The molecule has 1 heterocycles. The summed E-state index contributed by atoms with van der Waals surface area (Å²) in [5, 5.41) is 3.33. The molecule has 1 aliphatic carbocycles. The molecule has 1 aromatic heterocycles. The van der Waals surface area contributed by atoms with Gasteiger partial charge in [0.05, 0.1) is 12.3 Å². The first kappa shape index (κ1) is 15.3. The molecule has 0 unspecified atom stereocenters. The Kier molecular flexibility index (Phi) is 6.27. The van der Waals surface area contributed by atoms with Crippen molar-refractivity contribution in [2.45, 2.75) is 32.7 Å². The van der Waals surface area contributed by atoms with Crippen molar-refractivity contribution in [2.75, 3.05) is 38.7 Å². The van der Waals surface area contributed by atoms with Crippen molar-refractivity contribution in [3.8, 4) is 0 Å². The average molecular weight is 277 g/mol. The van der Waals surface area contributed by atoms with Crippen molar-refractivity contribution in [3.05, 3.63) is 23.9 Å². The maximum Gasteiger partial charge on any atom is 0.126 e. The number of pyridine rings is 1. The monoisotopic (exact) mass is 277 g/mol. The Bertz CT molecular complexity index is 393. The Labute approximate surface area is 122 Å². The maximum atomic E-state index is 5.67. The van der Waals surface area contributed by atoms with Gasteiger partial charge in [-0.3, -0.25) is 4.90 Å². The number of hydrogen-bond acceptors (Lipinski definition) is 4. The van der Waals surface area contributed by atoms with Crippen LogP contribution in [-0.2, 0) is 11.3 Å². The van der Waals surface area contributed by atoms with E-state index in [0.29, 0.717) is 0 Å². The lowest BCUT2D eigenvalue weighted by molar-refractivity contribution is 0.101. The highest BCUT2D eigenvalue weighted by atomic mass is 16.5. The first-order valence-electron chi connectivity index (χ1n) is 7.74. The van der Waals surface area contributed by atoms with Crippen molar-refractivity contribution in [1.82, 2.24) is 9.88 Å². The summed E-state index contributed by atoms with van der Waals surface area (Å²) in [6, 6.07) is 6.17. The highest BCUT2D eigenvalue weighted by molar-refractivity contribution is 5.35. The smallest absolute Gasteiger partial charge is 0.126 e. The van der Waals surface area contributed by atoms with Gasteiger partial charge in [-0.05, 0) is 44.4 Å². The predicted octanol–water partition coefficient (Wildman–Crippen LogP) is 2.76. The summed E-state index contributed by atoms with van der Waals surface area (Å²) in [4.78, 5) is 6.89. The predicted molar refractivity (Wildman–Crippen MR) is 82.9 cm³/mol. The molecule has 0 bridgehead atoms. The second kappa shape index (κ2) is 8.22. The van der Waals surface area contributed by atoms with Gasteiger partial charge >= 0.3 is 0 Å². The van der Waals surface area contributed by atoms with Crippen molar-refractivity contribution < 1.29 is 4.74 Å². The van der Waals surface area contributed by atoms with Gasteiger partial charge < -0.3 is 10.1 Å². The Morgan fingerprint density at radius 1 is 1.40 bits per heavy atom. The molecule has 0 aliphatic heterocycles. The molecule has 0 aromatic carbocycles. The van der Waals surface area contributed by atoms with Crippen LogP contribution in [0.4, 0.5) is 5.82 Å². The lowest BCUT2D eigenvalue weighted by atomic mass is 10.3. The molecule has 20 heavy (non-hydrogen) atoms. The lowest BCUT2D eigenvalue weighted by Gasteiger charge is -2.16. The number of likely N-dealkylation sites (N-methyl/N-ethyl adjacent to an activating group) is 1. The number of nitrogens with one attached hydrogen (secondary N) is 1. The van der Waals surface area contributed by atoms with Crippen LogP contribution in [0.25, 0.3) is 0 Å². The fourth-order valence-corrected chi connectivity index (χ4v) is 2.03. The third-order valence-electron chi connectivity index (χ3n) is 3.46. The van der Waals surface area contributed by atoms with E-state index in [-0.39, 0.29) is 0 Å². The van der Waals surface area contributed by atoms with Crippen LogP contribution < -0.4 is 5.32 Å². The molecule has 1 saturated carbocycles. The van der Waals surface area contributed by atoms with Gasteiger partial charge in [-0.15, -0.1) is 0 Å². The summed E-state index contributed by atoms with van der Waals surface area (Å²) < 4.78 is 5.67. The topological polar surface area (TPSA) is 37.4 Å². The van der Waals surface area contributed by atoms with E-state index in [1.807, 2.05) is 6.07 Å². The van der Waals surface area contributed by atoms with Gasteiger partial charge in [0.15, 0.2) is 0 Å². The van der Waals surface area contributed by atoms with Crippen LogP contribution in [0.15, 0.2) is 18.2 Å². The fraction of sp³-hybridized carbons (Fsp3) is 0.688. The average Bonchev–Trinajstić information content (AvgIpc) is 3.26. The molecule has 2 rings (SSSR count). The van der Waals surface area contributed by atoms with Crippen molar-refractivity contribution in [1.29, 1.82) is 0 Å². The van der Waals surface area contributed by atoms with Gasteiger partial charge in [0, 0.05) is 26.2 Å². The third kappa shape index (κ3) is 5.88. The molecule has 0 spiro atoms. The fourth-order valence-electron chi connectivity index (χ4n) is 2.03. The van der Waals surface area contributed by atoms with Crippen LogP contribution in [0.3, 0.4) is 0 Å². The molecule has 1 fully saturated rings. The molecule has 0 atom stereocenters. The van der Waals surface area contributed by atoms with E-state index in [1.54, 1.807) is 0 Å². The Morgan fingerprint density at radius 3 is 3.00 bits per heavy atom. The molecular weight excluding hydrogens is 250 g/mol. The van der Waals surface area contributed by atoms with Gasteiger partial charge in [0.2, 0.25) is 0 Å². The molecule has 0 amide bonds. The standard InChI is InChI=1S/C16H27N3O/c1-3-9-17-16-6-4-5-15(18-16)12-19(2)10-11-20-13-14-7-8-14/h4-6,14H,3,7-13H2,1-2H3,(H,17,18). The quantitative estimate of drug-likeness (QED) is 0.667. The first-order chi connectivity index (χ1) is 9.78. The first-order valence-corrected chi connectivity index (χ1v) is 7.74. The van der Waals surface area contributed by atoms with Crippen molar-refractivity contribution in [2.24, 2.45) is 5.92 Å². The number of ether oxygens (including phenoxy) is 1. The van der Waals surface area contributed by atoms with Gasteiger partial charge in [-0.1, -0.05) is 13.0 Å². The van der Waals surface area contributed by atoms with Crippen LogP contribution in [0.2, 0.25) is 0 Å². The SMILES string of the molecule is CCCNc1cccc(CN(C)CCOCC2CC2)n1. The summed E-state index contributed by atoms with van der Waals surface area (Å²) in [5.41, 5.74) is 1.11. The van der Waals surface area contributed by atoms with E-state index in [1.165, 1.54) is 12.8 Å². The zero-order valence-corrected chi connectivity index (χ0v) is 12.8. The molecule has 1 aliphatic rings. The second-order valence-electron chi connectivity index (χ2n) is 5.70. The zero-order chi connectivity index (χ0) is 14.2. The number of anilines is 1. The zero-order valence-electron chi connectivity index (χ0n) is 12.8. The van der Waals surface area contributed by atoms with E-state index < -0.39 is 0 Å².